The van der Waals surface area contributed by atoms with Crippen LogP contribution < -0.4 is 5.32 Å². The largest absolute Gasteiger partial charge is 0.483 e. The average molecular weight is 231 g/mol. The van der Waals surface area contributed by atoms with Gasteiger partial charge in [-0.1, -0.05) is 54.0 Å². The third-order valence-electron chi connectivity index (χ3n) is 1.43. The second-order valence-electron chi connectivity index (χ2n) is 2.81. The second kappa shape index (κ2) is 20.1. The van der Waals surface area contributed by atoms with Gasteiger partial charge in [-0.05, 0) is 18.4 Å². The Balaban J connectivity index is -0.000000206. The van der Waals surface area contributed by atoms with E-state index in [-0.39, 0.29) is 0 Å². The van der Waals surface area contributed by atoms with Gasteiger partial charge in [-0.2, -0.15) is 0 Å². The van der Waals surface area contributed by atoms with Crippen LogP contribution in [0.5, 0.6) is 0 Å². The lowest BCUT2D eigenvalue weighted by atomic mass is 9.76. The average Bonchev–Trinajstić information content (AvgIpc) is 2.36. The topological polar surface area (TPSA) is 52.5 Å². The van der Waals surface area contributed by atoms with E-state index in [9.17, 15) is 0 Å². The first-order valence-corrected chi connectivity index (χ1v) is 6.48. The minimum atomic E-state index is -1.24. The molecule has 98 valence electrons. The van der Waals surface area contributed by atoms with E-state index < -0.39 is 7.12 Å². The summed E-state index contributed by atoms with van der Waals surface area (Å²) in [5.74, 6) is 0. The maximum atomic E-state index is 8.64. The lowest BCUT2D eigenvalue weighted by molar-refractivity contribution is 0.414. The molecule has 0 aromatic rings. The summed E-state index contributed by atoms with van der Waals surface area (Å²) in [7, 11) is -1.24. The van der Waals surface area contributed by atoms with E-state index in [1.165, 1.54) is 6.42 Å². The van der Waals surface area contributed by atoms with Crippen LogP contribution in [0.15, 0.2) is 11.5 Å². The van der Waals surface area contributed by atoms with Crippen molar-refractivity contribution in [2.45, 2.75) is 54.4 Å². The molecule has 0 aromatic carbocycles. The van der Waals surface area contributed by atoms with Crippen LogP contribution in [0.2, 0.25) is 0 Å². The lowest BCUT2D eigenvalue weighted by Gasteiger charge is -2.12. The van der Waals surface area contributed by atoms with Gasteiger partial charge in [0.05, 0.1) is 0 Å². The van der Waals surface area contributed by atoms with Crippen molar-refractivity contribution in [3.63, 3.8) is 0 Å². The molecule has 0 bridgehead atoms. The molecule has 0 saturated heterocycles. The van der Waals surface area contributed by atoms with Gasteiger partial charge in [-0.15, -0.1) is 0 Å². The first-order chi connectivity index (χ1) is 7.72. The predicted octanol–water partition coefficient (Wildman–Crippen LogP) is 2.39. The Morgan fingerprint density at radius 1 is 1.19 bits per heavy atom. The zero-order valence-corrected chi connectivity index (χ0v) is 11.9. The standard InChI is InChI=1S/C5H10BNO2.C3H8.2C2H6/c8-6(9)5-1-3-7-4-2-5;1-3-2;2*1-2/h1,7-9H,2-4H2;3H2,1-2H3;2*1-2H3. The third kappa shape index (κ3) is 16.1. The molecule has 3 N–H and O–H groups in total. The predicted molar refractivity (Wildman–Crippen MR) is 74.4 cm³/mol. The highest BCUT2D eigenvalue weighted by Gasteiger charge is 2.15. The molecule has 1 rings (SSSR count). The Labute approximate surface area is 102 Å². The van der Waals surface area contributed by atoms with Crippen LogP contribution in [0.3, 0.4) is 0 Å². The summed E-state index contributed by atoms with van der Waals surface area (Å²) in [5, 5.41) is 20.3. The van der Waals surface area contributed by atoms with Gasteiger partial charge < -0.3 is 15.4 Å². The summed E-state index contributed by atoms with van der Waals surface area (Å²) in [6, 6.07) is 0. The Kier molecular flexibility index (Phi) is 26.5. The van der Waals surface area contributed by atoms with Crippen LogP contribution in [-0.4, -0.2) is 30.3 Å². The van der Waals surface area contributed by atoms with Crippen molar-refractivity contribution in [2.75, 3.05) is 13.1 Å². The molecule has 0 unspecified atom stereocenters. The molecule has 0 aliphatic carbocycles. The van der Waals surface area contributed by atoms with Crippen LogP contribution in [-0.2, 0) is 0 Å². The monoisotopic (exact) mass is 231 g/mol. The van der Waals surface area contributed by atoms with Crippen molar-refractivity contribution >= 4 is 7.12 Å². The second-order valence-corrected chi connectivity index (χ2v) is 2.81. The molecule has 0 aromatic heterocycles. The third-order valence-corrected chi connectivity index (χ3v) is 1.43. The summed E-state index contributed by atoms with van der Waals surface area (Å²) in [6.45, 7) is 13.9. The van der Waals surface area contributed by atoms with E-state index in [0.717, 1.165) is 25.0 Å². The fourth-order valence-corrected chi connectivity index (χ4v) is 0.875. The Bertz CT molecular complexity index is 139. The number of nitrogens with one attached hydrogen (secondary N) is 1. The van der Waals surface area contributed by atoms with Gasteiger partial charge >= 0.3 is 7.12 Å². The summed E-state index contributed by atoms with van der Waals surface area (Å²) < 4.78 is 0. The van der Waals surface area contributed by atoms with E-state index in [1.54, 1.807) is 0 Å². The molecule has 1 heterocycles. The van der Waals surface area contributed by atoms with Crippen molar-refractivity contribution in [1.82, 2.24) is 5.32 Å². The van der Waals surface area contributed by atoms with Crippen molar-refractivity contribution < 1.29 is 10.0 Å². The Morgan fingerprint density at radius 2 is 1.62 bits per heavy atom. The molecule has 1 aliphatic heterocycles. The highest BCUT2D eigenvalue weighted by atomic mass is 16.4. The van der Waals surface area contributed by atoms with Crippen molar-refractivity contribution in [3.05, 3.63) is 11.5 Å². The van der Waals surface area contributed by atoms with Crippen molar-refractivity contribution in [1.29, 1.82) is 0 Å². The molecule has 1 aliphatic rings. The smallest absolute Gasteiger partial charge is 0.423 e. The van der Waals surface area contributed by atoms with Gasteiger partial charge in [0.15, 0.2) is 0 Å². The maximum Gasteiger partial charge on any atom is 0.483 e. The maximum absolute atomic E-state index is 8.64. The molecular weight excluding hydrogens is 201 g/mol. The highest BCUT2D eigenvalue weighted by Crippen LogP contribution is 2.03. The highest BCUT2D eigenvalue weighted by molar-refractivity contribution is 6.50. The molecule has 0 amide bonds. The van der Waals surface area contributed by atoms with Crippen molar-refractivity contribution in [2.24, 2.45) is 0 Å². The van der Waals surface area contributed by atoms with Gasteiger partial charge in [-0.3, -0.25) is 0 Å². The van der Waals surface area contributed by atoms with Gasteiger partial charge in [-0.25, -0.2) is 0 Å². The van der Waals surface area contributed by atoms with Crippen LogP contribution in [0.4, 0.5) is 0 Å². The zero-order chi connectivity index (χ0) is 13.4. The van der Waals surface area contributed by atoms with E-state index in [4.69, 9.17) is 10.0 Å². The molecule has 0 radical (unpaired) electrons. The first-order valence-electron chi connectivity index (χ1n) is 6.48. The van der Waals surface area contributed by atoms with Crippen LogP contribution in [0.1, 0.15) is 54.4 Å². The van der Waals surface area contributed by atoms with E-state index in [0.29, 0.717) is 0 Å². The molecule has 0 fully saturated rings. The molecule has 0 spiro atoms. The number of rotatable bonds is 1. The zero-order valence-electron chi connectivity index (χ0n) is 11.9. The summed E-state index contributed by atoms with van der Waals surface area (Å²) >= 11 is 0. The van der Waals surface area contributed by atoms with E-state index >= 15 is 0 Å². The van der Waals surface area contributed by atoms with Gasteiger partial charge in [0, 0.05) is 6.54 Å². The minimum absolute atomic E-state index is 0.730. The molecule has 3 nitrogen and oxygen atoms in total. The molecule has 16 heavy (non-hydrogen) atoms. The molecule has 0 atom stereocenters. The van der Waals surface area contributed by atoms with E-state index in [1.807, 2.05) is 33.8 Å². The van der Waals surface area contributed by atoms with Crippen molar-refractivity contribution in [3.8, 4) is 0 Å². The summed E-state index contributed by atoms with van der Waals surface area (Å²) in [5.41, 5.74) is 0.730. The number of hydrogen-bond acceptors (Lipinski definition) is 3. The molecule has 4 heteroatoms. The number of hydrogen-bond donors (Lipinski definition) is 3. The van der Waals surface area contributed by atoms with Crippen LogP contribution >= 0.6 is 0 Å². The Morgan fingerprint density at radius 3 is 1.81 bits per heavy atom. The lowest BCUT2D eigenvalue weighted by Crippen LogP contribution is -2.27. The van der Waals surface area contributed by atoms with Crippen LogP contribution in [0.25, 0.3) is 0 Å². The summed E-state index contributed by atoms with van der Waals surface area (Å²) in [6.07, 6.45) is 3.81. The SMILES string of the molecule is CC.CC.CCC.OB(O)C1=CCNCC1. The van der Waals surface area contributed by atoms with Gasteiger partial charge in [0.25, 0.3) is 0 Å². The Hall–Kier alpha value is -0.315. The van der Waals surface area contributed by atoms with Crippen LogP contribution in [0, 0.1) is 0 Å². The normalized spacial score (nSPS) is 12.6. The van der Waals surface area contributed by atoms with E-state index in [2.05, 4.69) is 19.2 Å². The summed E-state index contributed by atoms with van der Waals surface area (Å²) in [4.78, 5) is 0. The van der Waals surface area contributed by atoms with Gasteiger partial charge in [0.1, 0.15) is 0 Å². The fraction of sp³-hybridized carbons (Fsp3) is 0.833. The fourth-order valence-electron chi connectivity index (χ4n) is 0.875. The first kappa shape index (κ1) is 21.0. The quantitative estimate of drug-likeness (QED) is 0.607. The van der Waals surface area contributed by atoms with Gasteiger partial charge in [0.2, 0.25) is 0 Å². The molecule has 0 saturated carbocycles. The minimum Gasteiger partial charge on any atom is -0.423 e. The molecular formula is C12H30BNO2.